The molecule has 0 aliphatic carbocycles. The molecule has 0 N–H and O–H groups in total. The van der Waals surface area contributed by atoms with E-state index in [1.165, 1.54) is 17.3 Å². The zero-order valence-electron chi connectivity index (χ0n) is 17.5. The number of morpholine rings is 1. The summed E-state index contributed by atoms with van der Waals surface area (Å²) in [5.74, 6) is 0.897. The number of para-hydroxylation sites is 2. The molecule has 3 aromatic rings. The molecule has 0 radical (unpaired) electrons. The van der Waals surface area contributed by atoms with E-state index in [-0.39, 0.29) is 11.2 Å². The predicted molar refractivity (Wildman–Crippen MR) is 122 cm³/mol. The van der Waals surface area contributed by atoms with Gasteiger partial charge in [0.25, 0.3) is 0 Å². The van der Waals surface area contributed by atoms with Crippen molar-refractivity contribution < 1.29 is 9.53 Å². The minimum atomic E-state index is -0.282. The van der Waals surface area contributed by atoms with Crippen LogP contribution in [-0.2, 0) is 16.0 Å². The lowest BCUT2D eigenvalue weighted by Crippen LogP contribution is -2.38. The molecule has 5 rings (SSSR count). The number of hydrogen-bond acceptors (Lipinski definition) is 6. The summed E-state index contributed by atoms with van der Waals surface area (Å²) in [6.07, 6.45) is 0.903. The van der Waals surface area contributed by atoms with Crippen LogP contribution in [0, 0.1) is 0 Å². The van der Waals surface area contributed by atoms with E-state index in [0.717, 1.165) is 48.5 Å². The summed E-state index contributed by atoms with van der Waals surface area (Å²) in [6, 6.07) is 18.2. The molecule has 3 heterocycles. The first-order valence-electron chi connectivity index (χ1n) is 10.6. The number of anilines is 2. The van der Waals surface area contributed by atoms with Crippen molar-refractivity contribution in [3.63, 3.8) is 0 Å². The number of nitrogens with zero attached hydrogens (tertiary/aromatic N) is 5. The fourth-order valence-electron chi connectivity index (χ4n) is 4.10. The molecular formula is C23H25N5O2S. The molecule has 7 nitrogen and oxygen atoms in total. The van der Waals surface area contributed by atoms with Crippen molar-refractivity contribution in [3.05, 3.63) is 60.2 Å². The number of fused-ring (bicyclic) bond motifs is 1. The smallest absolute Gasteiger partial charge is 0.240 e. The van der Waals surface area contributed by atoms with Crippen molar-refractivity contribution in [1.82, 2.24) is 14.8 Å². The van der Waals surface area contributed by atoms with E-state index < -0.39 is 0 Å². The first kappa shape index (κ1) is 20.1. The van der Waals surface area contributed by atoms with Crippen molar-refractivity contribution in [2.24, 2.45) is 0 Å². The van der Waals surface area contributed by atoms with Crippen LogP contribution < -0.4 is 9.80 Å². The maximum Gasteiger partial charge on any atom is 0.240 e. The number of aromatic nitrogens is 3. The minimum Gasteiger partial charge on any atom is -0.378 e. The fraction of sp³-hybridized carbons (Fsp3) is 0.348. The van der Waals surface area contributed by atoms with Crippen LogP contribution in [-0.4, -0.2) is 58.8 Å². The average molecular weight is 436 g/mol. The van der Waals surface area contributed by atoms with Crippen LogP contribution in [0.25, 0.3) is 5.69 Å². The lowest BCUT2D eigenvalue weighted by atomic mass is 10.2. The molecule has 1 fully saturated rings. The molecule has 2 aliphatic rings. The Bertz CT molecular complexity index is 1060. The van der Waals surface area contributed by atoms with Gasteiger partial charge in [-0.3, -0.25) is 9.36 Å². The van der Waals surface area contributed by atoms with Crippen LogP contribution in [0.4, 0.5) is 11.6 Å². The summed E-state index contributed by atoms with van der Waals surface area (Å²) in [4.78, 5) is 17.4. The zero-order valence-corrected chi connectivity index (χ0v) is 18.3. The molecule has 2 aromatic carbocycles. The lowest BCUT2D eigenvalue weighted by molar-refractivity contribution is -0.117. The molecule has 0 spiro atoms. The van der Waals surface area contributed by atoms with Gasteiger partial charge in [-0.2, -0.15) is 0 Å². The molecule has 160 valence electrons. The number of carbonyl (C=O) groups is 1. The predicted octanol–water partition coefficient (Wildman–Crippen LogP) is 3.17. The number of rotatable bonds is 5. The number of ether oxygens (including phenoxy) is 1. The lowest BCUT2D eigenvalue weighted by Gasteiger charge is -2.28. The van der Waals surface area contributed by atoms with Crippen LogP contribution >= 0.6 is 11.8 Å². The summed E-state index contributed by atoms with van der Waals surface area (Å²) in [7, 11) is 0. The molecule has 1 atom stereocenters. The largest absolute Gasteiger partial charge is 0.378 e. The van der Waals surface area contributed by atoms with Crippen LogP contribution in [0.3, 0.4) is 0 Å². The third-order valence-electron chi connectivity index (χ3n) is 5.71. The van der Waals surface area contributed by atoms with Crippen LogP contribution in [0.2, 0.25) is 0 Å². The Balaban J connectivity index is 1.42. The summed E-state index contributed by atoms with van der Waals surface area (Å²) >= 11 is 1.46. The van der Waals surface area contributed by atoms with E-state index in [4.69, 9.17) is 4.74 Å². The van der Waals surface area contributed by atoms with E-state index in [9.17, 15) is 4.79 Å². The highest BCUT2D eigenvalue weighted by Crippen LogP contribution is 2.33. The molecule has 31 heavy (non-hydrogen) atoms. The molecule has 0 saturated carbocycles. The van der Waals surface area contributed by atoms with E-state index in [0.29, 0.717) is 13.2 Å². The molecule has 1 amide bonds. The minimum absolute atomic E-state index is 0.102. The van der Waals surface area contributed by atoms with Gasteiger partial charge < -0.3 is 14.5 Å². The van der Waals surface area contributed by atoms with E-state index in [1.807, 2.05) is 60.4 Å². The van der Waals surface area contributed by atoms with Gasteiger partial charge in [0.15, 0.2) is 5.16 Å². The van der Waals surface area contributed by atoms with Gasteiger partial charge in [0.1, 0.15) is 0 Å². The molecular weight excluding hydrogens is 410 g/mol. The second kappa shape index (κ2) is 8.72. The Labute approximate surface area is 186 Å². The van der Waals surface area contributed by atoms with Crippen molar-refractivity contribution >= 4 is 29.3 Å². The Morgan fingerprint density at radius 3 is 2.55 bits per heavy atom. The molecule has 0 bridgehead atoms. The summed E-state index contributed by atoms with van der Waals surface area (Å²) in [6.45, 7) is 5.57. The second-order valence-electron chi connectivity index (χ2n) is 7.68. The van der Waals surface area contributed by atoms with Crippen molar-refractivity contribution in [2.75, 3.05) is 42.6 Å². The Morgan fingerprint density at radius 2 is 1.74 bits per heavy atom. The fourth-order valence-corrected chi connectivity index (χ4v) is 5.03. The number of carbonyl (C=O) groups excluding carboxylic acids is 1. The molecule has 1 aromatic heterocycles. The molecule has 8 heteroatoms. The highest BCUT2D eigenvalue weighted by molar-refractivity contribution is 8.00. The van der Waals surface area contributed by atoms with Crippen molar-refractivity contribution in [1.29, 1.82) is 0 Å². The third kappa shape index (κ3) is 3.93. The first-order valence-corrected chi connectivity index (χ1v) is 11.5. The van der Waals surface area contributed by atoms with E-state index in [2.05, 4.69) is 25.7 Å². The van der Waals surface area contributed by atoms with Crippen molar-refractivity contribution in [3.8, 4) is 5.69 Å². The maximum atomic E-state index is 13.3. The van der Waals surface area contributed by atoms with Gasteiger partial charge in [0.2, 0.25) is 11.9 Å². The second-order valence-corrected chi connectivity index (χ2v) is 8.99. The topological polar surface area (TPSA) is 63.5 Å². The third-order valence-corrected chi connectivity index (χ3v) is 6.74. The normalized spacial score (nSPS) is 16.9. The molecule has 1 saturated heterocycles. The van der Waals surface area contributed by atoms with Gasteiger partial charge in [0, 0.05) is 25.3 Å². The van der Waals surface area contributed by atoms with Crippen LogP contribution in [0.5, 0.6) is 0 Å². The number of thioether (sulfide) groups is 1. The highest BCUT2D eigenvalue weighted by atomic mass is 32.2. The van der Waals surface area contributed by atoms with Gasteiger partial charge in [-0.15, -0.1) is 10.2 Å². The van der Waals surface area contributed by atoms with Crippen LogP contribution in [0.1, 0.15) is 12.5 Å². The Morgan fingerprint density at radius 1 is 1.00 bits per heavy atom. The number of benzene rings is 2. The molecule has 1 unspecified atom stereocenters. The van der Waals surface area contributed by atoms with Gasteiger partial charge in [-0.05, 0) is 37.1 Å². The monoisotopic (exact) mass is 435 g/mol. The summed E-state index contributed by atoms with van der Waals surface area (Å²) < 4.78 is 7.55. The quantitative estimate of drug-likeness (QED) is 0.574. The SMILES string of the molecule is CC(Sc1nnc(N2CCOCC2)n1-c1ccccc1)C(=O)N1CCc2ccccc21. The van der Waals surface area contributed by atoms with Crippen LogP contribution in [0.15, 0.2) is 59.8 Å². The maximum absolute atomic E-state index is 13.3. The van der Waals surface area contributed by atoms with Gasteiger partial charge in [-0.1, -0.05) is 48.2 Å². The number of amides is 1. The average Bonchev–Trinajstić information content (AvgIpc) is 3.44. The van der Waals surface area contributed by atoms with E-state index in [1.54, 1.807) is 0 Å². The first-order chi connectivity index (χ1) is 15.2. The Kier molecular flexibility index (Phi) is 5.65. The molecule has 2 aliphatic heterocycles. The zero-order chi connectivity index (χ0) is 21.2. The van der Waals surface area contributed by atoms with Gasteiger partial charge in [-0.25, -0.2) is 0 Å². The van der Waals surface area contributed by atoms with Gasteiger partial charge in [0.05, 0.1) is 24.2 Å². The van der Waals surface area contributed by atoms with Crippen molar-refractivity contribution in [2.45, 2.75) is 23.8 Å². The van der Waals surface area contributed by atoms with E-state index >= 15 is 0 Å². The number of hydrogen-bond donors (Lipinski definition) is 0. The highest BCUT2D eigenvalue weighted by Gasteiger charge is 2.30. The standard InChI is InChI=1S/C23H25N5O2S/c1-17(21(29)27-12-11-18-7-5-6-10-20(18)27)31-23-25-24-22(26-13-15-30-16-14-26)28(23)19-8-3-2-4-9-19/h2-10,17H,11-16H2,1H3. The Hall–Kier alpha value is -2.84. The van der Waals surface area contributed by atoms with Gasteiger partial charge >= 0.3 is 0 Å². The summed E-state index contributed by atoms with van der Waals surface area (Å²) in [5.41, 5.74) is 3.25. The summed E-state index contributed by atoms with van der Waals surface area (Å²) in [5, 5.41) is 9.42.